The molecular formula is C29H34N8O. The van der Waals surface area contributed by atoms with Gasteiger partial charge in [-0.15, -0.1) is 0 Å². The number of carbonyl (C=O) groups excluding carboxylic acids is 1. The number of carbonyl (C=O) groups is 1. The van der Waals surface area contributed by atoms with E-state index in [1.807, 2.05) is 48.8 Å². The lowest BCUT2D eigenvalue weighted by Gasteiger charge is -2.19. The number of hydrazone groups is 1. The number of hydrogen-bond donors (Lipinski definition) is 1. The van der Waals surface area contributed by atoms with Crippen molar-refractivity contribution in [2.24, 2.45) is 5.10 Å². The lowest BCUT2D eigenvalue weighted by atomic mass is 10.1. The average Bonchev–Trinajstić information content (AvgIpc) is 3.78. The molecule has 0 spiro atoms. The molecule has 6 rings (SSSR count). The van der Waals surface area contributed by atoms with E-state index in [0.717, 1.165) is 56.3 Å². The summed E-state index contributed by atoms with van der Waals surface area (Å²) in [5, 5.41) is 4.60. The van der Waals surface area contributed by atoms with Gasteiger partial charge in [0.25, 0.3) is 5.91 Å². The summed E-state index contributed by atoms with van der Waals surface area (Å²) in [7, 11) is 0. The molecule has 0 saturated carbocycles. The van der Waals surface area contributed by atoms with E-state index in [0.29, 0.717) is 22.8 Å². The van der Waals surface area contributed by atoms with Crippen LogP contribution in [0.5, 0.6) is 0 Å². The Labute approximate surface area is 223 Å². The maximum absolute atomic E-state index is 13.2. The zero-order valence-electron chi connectivity index (χ0n) is 21.7. The molecule has 3 aliphatic rings. The number of nitrogens with one attached hydrogen (secondary N) is 1. The summed E-state index contributed by atoms with van der Waals surface area (Å²) in [6.45, 7) is 6.16. The smallest absolute Gasteiger partial charge is 0.290 e. The second kappa shape index (κ2) is 11.2. The van der Waals surface area contributed by atoms with Gasteiger partial charge in [0.1, 0.15) is 11.4 Å². The third-order valence-corrected chi connectivity index (χ3v) is 7.63. The summed E-state index contributed by atoms with van der Waals surface area (Å²) in [5.41, 5.74) is 8.24. The second-order valence-corrected chi connectivity index (χ2v) is 10.2. The first-order valence-electron chi connectivity index (χ1n) is 13.8. The van der Waals surface area contributed by atoms with E-state index in [1.54, 1.807) is 6.20 Å². The SMILES string of the molecule is O=C(NN=C(c1cc(N2CCCC2)ccn1)c1cc(N2CCCC2)ccn1)c1cc(N2CCCC2)ccn1. The standard InChI is InChI=1S/C29H34N8O/c38-29(27-21-24(9-12-32-27)37-17-5-6-18-37)34-33-28(25-19-22(7-10-30-25)35-13-1-2-14-35)26-20-23(8-11-31-26)36-15-3-4-16-36/h7-12,19-21H,1-6,13-18H2,(H,34,38). The van der Waals surface area contributed by atoms with E-state index in [9.17, 15) is 4.79 Å². The molecule has 3 saturated heterocycles. The van der Waals surface area contributed by atoms with Crippen molar-refractivity contribution < 1.29 is 4.79 Å². The number of hydrogen-bond acceptors (Lipinski definition) is 8. The molecule has 38 heavy (non-hydrogen) atoms. The van der Waals surface area contributed by atoms with E-state index >= 15 is 0 Å². The van der Waals surface area contributed by atoms with Crippen LogP contribution >= 0.6 is 0 Å². The van der Waals surface area contributed by atoms with E-state index in [4.69, 9.17) is 0 Å². The molecule has 9 nitrogen and oxygen atoms in total. The van der Waals surface area contributed by atoms with Crippen molar-refractivity contribution in [3.8, 4) is 0 Å². The lowest BCUT2D eigenvalue weighted by Crippen LogP contribution is -2.24. The van der Waals surface area contributed by atoms with Gasteiger partial charge in [0.15, 0.2) is 0 Å². The normalized spacial score (nSPS) is 17.2. The van der Waals surface area contributed by atoms with Gasteiger partial charge < -0.3 is 14.7 Å². The molecule has 3 aromatic rings. The zero-order chi connectivity index (χ0) is 25.7. The third-order valence-electron chi connectivity index (χ3n) is 7.63. The minimum absolute atomic E-state index is 0.343. The van der Waals surface area contributed by atoms with Crippen molar-refractivity contribution in [2.75, 3.05) is 54.0 Å². The van der Waals surface area contributed by atoms with Gasteiger partial charge in [0.05, 0.1) is 11.4 Å². The first-order valence-corrected chi connectivity index (χ1v) is 13.8. The fraction of sp³-hybridized carbons (Fsp3) is 0.414. The van der Waals surface area contributed by atoms with Gasteiger partial charge >= 0.3 is 0 Å². The van der Waals surface area contributed by atoms with Gasteiger partial charge in [-0.2, -0.15) is 5.10 Å². The number of amides is 1. The maximum atomic E-state index is 13.2. The molecule has 0 aromatic carbocycles. The number of anilines is 3. The summed E-state index contributed by atoms with van der Waals surface area (Å²) in [5.74, 6) is -0.352. The molecule has 0 unspecified atom stereocenters. The molecule has 3 fully saturated rings. The summed E-state index contributed by atoms with van der Waals surface area (Å²) in [6.07, 6.45) is 12.4. The van der Waals surface area contributed by atoms with E-state index in [1.165, 1.54) is 38.5 Å². The predicted octanol–water partition coefficient (Wildman–Crippen LogP) is 3.85. The molecule has 9 heteroatoms. The monoisotopic (exact) mass is 510 g/mol. The minimum Gasteiger partial charge on any atom is -0.371 e. The van der Waals surface area contributed by atoms with Gasteiger partial charge in [-0.25, -0.2) is 5.43 Å². The number of nitrogens with zero attached hydrogens (tertiary/aromatic N) is 7. The molecule has 3 aliphatic heterocycles. The van der Waals surface area contributed by atoms with Crippen LogP contribution in [0.15, 0.2) is 60.1 Å². The molecule has 6 heterocycles. The number of rotatable bonds is 7. The molecule has 3 aromatic heterocycles. The highest BCUT2D eigenvalue weighted by atomic mass is 16.2. The second-order valence-electron chi connectivity index (χ2n) is 10.2. The summed E-state index contributed by atoms with van der Waals surface area (Å²) in [4.78, 5) is 33.8. The number of pyridine rings is 3. The van der Waals surface area contributed by atoms with Crippen molar-refractivity contribution in [3.63, 3.8) is 0 Å². The average molecular weight is 511 g/mol. The van der Waals surface area contributed by atoms with Crippen LogP contribution in [0.4, 0.5) is 17.1 Å². The fourth-order valence-corrected chi connectivity index (χ4v) is 5.57. The van der Waals surface area contributed by atoms with Crippen molar-refractivity contribution in [2.45, 2.75) is 38.5 Å². The van der Waals surface area contributed by atoms with Gasteiger partial charge in [-0.3, -0.25) is 19.7 Å². The molecule has 1 N–H and O–H groups in total. The molecule has 0 atom stereocenters. The minimum atomic E-state index is -0.352. The van der Waals surface area contributed by atoms with Gasteiger partial charge in [-0.05, 0) is 74.9 Å². The van der Waals surface area contributed by atoms with Crippen LogP contribution in [0.3, 0.4) is 0 Å². The highest BCUT2D eigenvalue weighted by Gasteiger charge is 2.20. The Balaban J connectivity index is 1.32. The summed E-state index contributed by atoms with van der Waals surface area (Å²) < 4.78 is 0. The van der Waals surface area contributed by atoms with Crippen molar-refractivity contribution in [3.05, 3.63) is 72.1 Å². The van der Waals surface area contributed by atoms with Crippen molar-refractivity contribution >= 4 is 28.7 Å². The highest BCUT2D eigenvalue weighted by molar-refractivity contribution is 6.11. The van der Waals surface area contributed by atoms with Crippen LogP contribution in [0.2, 0.25) is 0 Å². The van der Waals surface area contributed by atoms with Crippen LogP contribution in [-0.2, 0) is 0 Å². The Hall–Kier alpha value is -4.01. The molecular weight excluding hydrogens is 476 g/mol. The number of aromatic nitrogens is 3. The fourth-order valence-electron chi connectivity index (χ4n) is 5.57. The molecule has 0 radical (unpaired) electrons. The molecule has 0 aliphatic carbocycles. The largest absolute Gasteiger partial charge is 0.371 e. The Morgan fingerprint density at radius 2 is 0.974 bits per heavy atom. The van der Waals surface area contributed by atoms with Gasteiger partial charge in [-0.1, -0.05) is 0 Å². The Morgan fingerprint density at radius 3 is 1.39 bits per heavy atom. The molecule has 0 bridgehead atoms. The Bertz CT molecular complexity index is 1250. The topological polar surface area (TPSA) is 89.8 Å². The van der Waals surface area contributed by atoms with Crippen LogP contribution in [0, 0.1) is 0 Å². The van der Waals surface area contributed by atoms with Crippen LogP contribution < -0.4 is 20.1 Å². The van der Waals surface area contributed by atoms with Crippen LogP contribution in [0.1, 0.15) is 60.4 Å². The lowest BCUT2D eigenvalue weighted by molar-refractivity contribution is 0.0950. The third kappa shape index (κ3) is 5.32. The molecule has 1 amide bonds. The summed E-state index contributed by atoms with van der Waals surface area (Å²) >= 11 is 0. The van der Waals surface area contributed by atoms with E-state index < -0.39 is 0 Å². The van der Waals surface area contributed by atoms with E-state index in [-0.39, 0.29) is 5.91 Å². The zero-order valence-corrected chi connectivity index (χ0v) is 21.7. The van der Waals surface area contributed by atoms with Gasteiger partial charge in [0, 0.05) is 74.9 Å². The first kappa shape index (κ1) is 24.3. The van der Waals surface area contributed by atoms with Crippen LogP contribution in [0.25, 0.3) is 0 Å². The highest BCUT2D eigenvalue weighted by Crippen LogP contribution is 2.24. The Morgan fingerprint density at radius 1 is 0.605 bits per heavy atom. The summed E-state index contributed by atoms with van der Waals surface area (Å²) in [6, 6.07) is 12.0. The van der Waals surface area contributed by atoms with E-state index in [2.05, 4.69) is 40.2 Å². The van der Waals surface area contributed by atoms with Crippen molar-refractivity contribution in [1.29, 1.82) is 0 Å². The molecule has 196 valence electrons. The van der Waals surface area contributed by atoms with Crippen LogP contribution in [-0.4, -0.2) is 65.8 Å². The predicted molar refractivity (Wildman–Crippen MR) is 150 cm³/mol. The quantitative estimate of drug-likeness (QED) is 0.381. The maximum Gasteiger partial charge on any atom is 0.290 e. The van der Waals surface area contributed by atoms with Gasteiger partial charge in [0.2, 0.25) is 0 Å². The Kier molecular flexibility index (Phi) is 7.15. The first-order chi connectivity index (χ1) is 18.7. The van der Waals surface area contributed by atoms with Crippen molar-refractivity contribution in [1.82, 2.24) is 20.4 Å².